The lowest BCUT2D eigenvalue weighted by Crippen LogP contribution is -2.62. The molecule has 6 rings (SSSR count). The molecule has 6 heteroatoms. The summed E-state index contributed by atoms with van der Waals surface area (Å²) in [6.07, 6.45) is 14.4. The van der Waals surface area contributed by atoms with E-state index >= 15 is 0 Å². The summed E-state index contributed by atoms with van der Waals surface area (Å²) in [5.41, 5.74) is 0.0713. The molecule has 4 saturated carbocycles. The van der Waals surface area contributed by atoms with Crippen molar-refractivity contribution in [2.45, 2.75) is 109 Å². The lowest BCUT2D eigenvalue weighted by atomic mass is 9.43. The molecule has 1 saturated heterocycles. The largest absolute Gasteiger partial charge is 0.461 e. The molecule has 5 aliphatic rings. The molecule has 4 aliphatic carbocycles. The zero-order valence-corrected chi connectivity index (χ0v) is 22.8. The maximum absolute atomic E-state index is 12.7. The van der Waals surface area contributed by atoms with Gasteiger partial charge in [0.1, 0.15) is 6.10 Å². The molecule has 0 bridgehead atoms. The molecule has 1 aromatic heterocycles. The first kappa shape index (κ1) is 25.6. The van der Waals surface area contributed by atoms with Crippen molar-refractivity contribution < 1.29 is 19.1 Å². The molecule has 37 heavy (non-hydrogen) atoms. The molecule has 2 heterocycles. The van der Waals surface area contributed by atoms with Crippen molar-refractivity contribution in [3.8, 4) is 0 Å². The smallest absolute Gasteiger partial charge is 0.335 e. The van der Waals surface area contributed by atoms with E-state index in [1.807, 2.05) is 6.07 Å². The van der Waals surface area contributed by atoms with E-state index in [1.54, 1.807) is 6.26 Å². The van der Waals surface area contributed by atoms with Gasteiger partial charge in [-0.2, -0.15) is 0 Å². The second kappa shape index (κ2) is 9.51. The van der Waals surface area contributed by atoms with Crippen LogP contribution >= 0.6 is 0 Å². The predicted molar refractivity (Wildman–Crippen MR) is 141 cm³/mol. The summed E-state index contributed by atoms with van der Waals surface area (Å²) in [6.45, 7) is 7.25. The van der Waals surface area contributed by atoms with E-state index in [1.165, 1.54) is 25.3 Å². The van der Waals surface area contributed by atoms with Crippen molar-refractivity contribution >= 4 is 5.97 Å². The summed E-state index contributed by atoms with van der Waals surface area (Å²) < 4.78 is 11.3. The van der Waals surface area contributed by atoms with Crippen molar-refractivity contribution in [2.24, 2.45) is 28.6 Å². The minimum Gasteiger partial charge on any atom is -0.461 e. The Morgan fingerprint density at radius 2 is 1.84 bits per heavy atom. The van der Waals surface area contributed by atoms with Crippen molar-refractivity contribution in [3.63, 3.8) is 0 Å². The zero-order chi connectivity index (χ0) is 25.8. The van der Waals surface area contributed by atoms with E-state index in [2.05, 4.69) is 18.7 Å². The van der Waals surface area contributed by atoms with Crippen LogP contribution in [0.1, 0.15) is 102 Å². The summed E-state index contributed by atoms with van der Waals surface area (Å²) in [7, 11) is 0. The number of rotatable bonds is 4. The van der Waals surface area contributed by atoms with E-state index in [0.29, 0.717) is 24.3 Å². The molecule has 8 atom stereocenters. The van der Waals surface area contributed by atoms with E-state index in [9.17, 15) is 14.7 Å². The molecular formula is C31H45NO5. The number of carbonyl (C=O) groups is 1. The first-order valence-corrected chi connectivity index (χ1v) is 15.0. The summed E-state index contributed by atoms with van der Waals surface area (Å²) in [5, 5.41) is 12.4. The van der Waals surface area contributed by atoms with Crippen LogP contribution in [0.4, 0.5) is 0 Å². The topological polar surface area (TPSA) is 80.0 Å². The Labute approximate surface area is 221 Å². The van der Waals surface area contributed by atoms with Gasteiger partial charge in [-0.25, -0.2) is 4.79 Å². The standard InChI is InChI=1S/C31H45NO5/c1-29-13-10-23(37-28(34)19-32-16-4-3-5-17-32)18-22(29)7-8-26-25(29)11-14-30(2)24(12-15-31(26,30)35)21-6-9-27(33)36-20-21/h6,9,20,22-26,35H,3-5,7-8,10-19H2,1-2H3/t22-,23+,24-,25?,26-,29+,30-,31+/m1/s1. The third-order valence-corrected chi connectivity index (χ3v) is 12.0. The average Bonchev–Trinajstić information content (AvgIpc) is 3.16. The van der Waals surface area contributed by atoms with Gasteiger partial charge in [0.05, 0.1) is 18.4 Å². The third kappa shape index (κ3) is 4.21. The average molecular weight is 512 g/mol. The molecule has 6 nitrogen and oxygen atoms in total. The van der Waals surface area contributed by atoms with Gasteiger partial charge in [-0.05, 0) is 124 Å². The van der Waals surface area contributed by atoms with Gasteiger partial charge in [-0.15, -0.1) is 0 Å². The number of esters is 1. The first-order chi connectivity index (χ1) is 17.7. The minimum atomic E-state index is -0.678. The quantitative estimate of drug-likeness (QED) is 0.554. The van der Waals surface area contributed by atoms with Gasteiger partial charge in [-0.3, -0.25) is 9.69 Å². The van der Waals surface area contributed by atoms with E-state index < -0.39 is 5.60 Å². The number of fused-ring (bicyclic) bond motifs is 5. The number of piperidine rings is 1. The van der Waals surface area contributed by atoms with Crippen LogP contribution in [0.15, 0.2) is 27.6 Å². The second-order valence-electron chi connectivity index (χ2n) is 13.6. The van der Waals surface area contributed by atoms with Crippen LogP contribution in [0.2, 0.25) is 0 Å². The molecule has 1 aromatic rings. The highest BCUT2D eigenvalue weighted by molar-refractivity contribution is 5.71. The first-order valence-electron chi connectivity index (χ1n) is 15.0. The van der Waals surface area contributed by atoms with Crippen LogP contribution in [-0.2, 0) is 9.53 Å². The third-order valence-electron chi connectivity index (χ3n) is 12.0. The highest BCUT2D eigenvalue weighted by atomic mass is 16.5. The molecule has 0 spiro atoms. The number of hydrogen-bond donors (Lipinski definition) is 1. The molecule has 1 unspecified atom stereocenters. The van der Waals surface area contributed by atoms with E-state index in [0.717, 1.165) is 76.4 Å². The molecule has 1 aliphatic heterocycles. The Bertz CT molecular complexity index is 1040. The number of carbonyl (C=O) groups excluding carboxylic acids is 1. The molecular weight excluding hydrogens is 466 g/mol. The fraction of sp³-hybridized carbons (Fsp3) is 0.806. The number of nitrogens with zero attached hydrogens (tertiary/aromatic N) is 1. The van der Waals surface area contributed by atoms with Gasteiger partial charge in [0, 0.05) is 11.5 Å². The van der Waals surface area contributed by atoms with E-state index in [-0.39, 0.29) is 34.4 Å². The van der Waals surface area contributed by atoms with Crippen LogP contribution in [0.5, 0.6) is 0 Å². The minimum absolute atomic E-state index is 0.0410. The van der Waals surface area contributed by atoms with Crippen LogP contribution in [-0.4, -0.2) is 47.3 Å². The highest BCUT2D eigenvalue weighted by Gasteiger charge is 2.67. The number of hydrogen-bond acceptors (Lipinski definition) is 6. The summed E-state index contributed by atoms with van der Waals surface area (Å²) >= 11 is 0. The Morgan fingerprint density at radius 1 is 1.03 bits per heavy atom. The molecule has 204 valence electrons. The van der Waals surface area contributed by atoms with Crippen molar-refractivity contribution in [1.29, 1.82) is 0 Å². The Morgan fingerprint density at radius 3 is 2.59 bits per heavy atom. The highest BCUT2D eigenvalue weighted by Crippen LogP contribution is 2.70. The molecule has 0 amide bonds. The van der Waals surface area contributed by atoms with Crippen LogP contribution in [0.25, 0.3) is 0 Å². The van der Waals surface area contributed by atoms with E-state index in [4.69, 9.17) is 9.15 Å². The van der Waals surface area contributed by atoms with Gasteiger partial charge in [-0.1, -0.05) is 20.3 Å². The van der Waals surface area contributed by atoms with Gasteiger partial charge in [0.15, 0.2) is 0 Å². The monoisotopic (exact) mass is 511 g/mol. The lowest BCUT2D eigenvalue weighted by molar-refractivity contribution is -0.207. The summed E-state index contributed by atoms with van der Waals surface area (Å²) in [4.78, 5) is 26.5. The van der Waals surface area contributed by atoms with Gasteiger partial charge >= 0.3 is 11.6 Å². The second-order valence-corrected chi connectivity index (χ2v) is 13.6. The Kier molecular flexibility index (Phi) is 6.59. The van der Waals surface area contributed by atoms with Crippen molar-refractivity contribution in [2.75, 3.05) is 19.6 Å². The molecule has 0 aromatic carbocycles. The summed E-state index contributed by atoms with van der Waals surface area (Å²) in [5.74, 6) is 1.57. The van der Waals surface area contributed by atoms with Crippen LogP contribution < -0.4 is 5.63 Å². The Balaban J connectivity index is 1.14. The van der Waals surface area contributed by atoms with Gasteiger partial charge < -0.3 is 14.3 Å². The zero-order valence-electron chi connectivity index (χ0n) is 22.8. The maximum atomic E-state index is 12.7. The fourth-order valence-corrected chi connectivity index (χ4v) is 9.92. The molecule has 1 N–H and O–H groups in total. The van der Waals surface area contributed by atoms with Gasteiger partial charge in [0.25, 0.3) is 0 Å². The number of aliphatic hydroxyl groups is 1. The molecule has 0 radical (unpaired) electrons. The lowest BCUT2D eigenvalue weighted by Gasteiger charge is -2.63. The predicted octanol–water partition coefficient (Wildman–Crippen LogP) is 5.28. The number of ether oxygens (including phenoxy) is 1. The van der Waals surface area contributed by atoms with Crippen molar-refractivity contribution in [3.05, 3.63) is 34.4 Å². The normalized spacial score (nSPS) is 43.9. The summed E-state index contributed by atoms with van der Waals surface area (Å²) in [6, 6.07) is 3.43. The van der Waals surface area contributed by atoms with Gasteiger partial charge in [0.2, 0.25) is 0 Å². The Hall–Kier alpha value is -1.66. The fourth-order valence-electron chi connectivity index (χ4n) is 9.92. The SMILES string of the molecule is C[C@]12CC[C@H](OC(=O)CN3CCCCC3)C[C@H]1CC[C@@H]1C2CC[C@]2(C)[C@@H](c3ccc(=O)oc3)CC[C@]12O. The van der Waals surface area contributed by atoms with Crippen LogP contribution in [0.3, 0.4) is 0 Å². The van der Waals surface area contributed by atoms with Crippen molar-refractivity contribution in [1.82, 2.24) is 4.90 Å². The molecule has 5 fully saturated rings. The number of likely N-dealkylation sites (tertiary alicyclic amines) is 1. The van der Waals surface area contributed by atoms with Crippen LogP contribution in [0, 0.1) is 28.6 Å². The maximum Gasteiger partial charge on any atom is 0.335 e.